The van der Waals surface area contributed by atoms with Crippen molar-refractivity contribution < 1.29 is 36.7 Å². The van der Waals surface area contributed by atoms with Crippen molar-refractivity contribution >= 4 is 66.7 Å². The van der Waals surface area contributed by atoms with Crippen LogP contribution in [0.15, 0.2) is 65.5 Å². The summed E-state index contributed by atoms with van der Waals surface area (Å²) in [6.07, 6.45) is 7.18. The number of rotatable bonds is 7. The van der Waals surface area contributed by atoms with Gasteiger partial charge in [-0.05, 0) is 75.1 Å². The second-order valence-corrected chi connectivity index (χ2v) is 18.1. The fourth-order valence-electron chi connectivity index (χ4n) is 7.65. The van der Waals surface area contributed by atoms with Gasteiger partial charge in [-0.2, -0.15) is 0 Å². The van der Waals surface area contributed by atoms with Crippen molar-refractivity contribution in [3.63, 3.8) is 0 Å². The molecule has 0 radical (unpaired) electrons. The van der Waals surface area contributed by atoms with E-state index in [9.17, 15) is 32.0 Å². The van der Waals surface area contributed by atoms with Crippen LogP contribution in [0.3, 0.4) is 0 Å². The van der Waals surface area contributed by atoms with E-state index in [1.165, 1.54) is 33.9 Å². The maximum Gasteiger partial charge on any atom is 0.271 e. The summed E-state index contributed by atoms with van der Waals surface area (Å²) in [7, 11) is -4.01. The Balaban J connectivity index is 1.13. The van der Waals surface area contributed by atoms with Gasteiger partial charge in [-0.15, -0.1) is 11.3 Å². The molecule has 0 bridgehead atoms. The molecule has 5 atom stereocenters. The van der Waals surface area contributed by atoms with Gasteiger partial charge in [0.1, 0.15) is 35.2 Å². The Morgan fingerprint density at radius 2 is 1.89 bits per heavy atom. The van der Waals surface area contributed by atoms with Gasteiger partial charge in [0.15, 0.2) is 0 Å². The lowest BCUT2D eigenvalue weighted by Crippen LogP contribution is -2.58. The number of halogens is 1. The number of hydrogen-bond acceptors (Lipinski definition) is 10. The first-order valence-electron chi connectivity index (χ1n) is 18.6. The standard InChI is InChI=1S/C39H41FN6O7S2/c1-38(15-16-38)55(51,52)45-37(50)39-19-23(39)9-5-3-2-4-6-12-30(42-33(47)31-21-54-22-41-31)36(49)46-20-25(18-32(46)34(48)44-39)53-35-27-14-13-24(40)17-28(27)26-10-7-8-11-29(26)43-35/h5,7-11,13-14,17,21-23,25,30,32H,2-4,6,12,15-16,18-20H2,1H3,(H,42,47)(H,44,48)(H,45,50)/b9-5-/t23-,25-,30+,32+,39-/m1/s1. The van der Waals surface area contributed by atoms with E-state index in [4.69, 9.17) is 9.72 Å². The van der Waals surface area contributed by atoms with Gasteiger partial charge in [-0.1, -0.05) is 43.2 Å². The normalized spacial score (nSPS) is 27.2. The summed E-state index contributed by atoms with van der Waals surface area (Å²) in [5.41, 5.74) is 0.718. The predicted octanol–water partition coefficient (Wildman–Crippen LogP) is 4.52. The molecule has 4 aromatic rings. The van der Waals surface area contributed by atoms with E-state index in [0.717, 1.165) is 18.2 Å². The van der Waals surface area contributed by atoms with Crippen LogP contribution in [0.2, 0.25) is 0 Å². The third-order valence-corrected chi connectivity index (χ3v) is 14.1. The molecule has 4 amide bonds. The molecule has 4 heterocycles. The van der Waals surface area contributed by atoms with E-state index in [2.05, 4.69) is 20.3 Å². The molecule has 8 rings (SSSR count). The van der Waals surface area contributed by atoms with Crippen LogP contribution in [0, 0.1) is 11.7 Å². The highest BCUT2D eigenvalue weighted by atomic mass is 32.2. The number of nitrogens with zero attached hydrogens (tertiary/aromatic N) is 3. The Kier molecular flexibility index (Phi) is 9.60. The minimum absolute atomic E-state index is 0.00387. The van der Waals surface area contributed by atoms with Crippen LogP contribution < -0.4 is 20.1 Å². The zero-order chi connectivity index (χ0) is 38.5. The van der Waals surface area contributed by atoms with Gasteiger partial charge in [-0.25, -0.2) is 22.8 Å². The minimum atomic E-state index is -4.01. The molecule has 2 aromatic carbocycles. The number of ether oxygens (including phenoxy) is 1. The zero-order valence-electron chi connectivity index (χ0n) is 30.1. The number of fused-ring (bicyclic) bond motifs is 5. The average Bonchev–Trinajstić information content (AvgIpc) is 3.91. The van der Waals surface area contributed by atoms with Gasteiger partial charge in [0.05, 0.1) is 22.3 Å². The number of hydrogen-bond donors (Lipinski definition) is 3. The monoisotopic (exact) mass is 788 g/mol. The van der Waals surface area contributed by atoms with Crippen molar-refractivity contribution in [2.24, 2.45) is 5.92 Å². The number of allylic oxidation sites excluding steroid dienone is 1. The quantitative estimate of drug-likeness (QED) is 0.180. The van der Waals surface area contributed by atoms with Crippen molar-refractivity contribution in [2.45, 2.75) is 93.2 Å². The van der Waals surface area contributed by atoms with Gasteiger partial charge in [-0.3, -0.25) is 23.9 Å². The minimum Gasteiger partial charge on any atom is -0.472 e. The number of nitrogens with one attached hydrogen (secondary N) is 3. The molecular formula is C39H41FN6O7S2. The number of para-hydroxylation sites is 1. The number of carbonyl (C=O) groups excluding carboxylic acids is 4. The summed E-state index contributed by atoms with van der Waals surface area (Å²) < 4.78 is 48.5. The molecule has 2 aliphatic heterocycles. The van der Waals surface area contributed by atoms with Crippen LogP contribution in [0.25, 0.3) is 21.7 Å². The zero-order valence-corrected chi connectivity index (χ0v) is 31.8. The van der Waals surface area contributed by atoms with Gasteiger partial charge >= 0.3 is 0 Å². The molecule has 55 heavy (non-hydrogen) atoms. The summed E-state index contributed by atoms with van der Waals surface area (Å²) in [6.45, 7) is 1.52. The summed E-state index contributed by atoms with van der Waals surface area (Å²) in [6, 6.07) is 9.41. The van der Waals surface area contributed by atoms with Crippen molar-refractivity contribution in [2.75, 3.05) is 6.54 Å². The summed E-state index contributed by atoms with van der Waals surface area (Å²) in [4.78, 5) is 66.3. The third kappa shape index (κ3) is 7.17. The van der Waals surface area contributed by atoms with Gasteiger partial charge in [0.25, 0.3) is 11.8 Å². The number of benzene rings is 2. The number of pyridine rings is 1. The first-order valence-corrected chi connectivity index (χ1v) is 21.0. The lowest BCUT2D eigenvalue weighted by molar-refractivity contribution is -0.141. The van der Waals surface area contributed by atoms with Crippen molar-refractivity contribution in [1.29, 1.82) is 0 Å². The first kappa shape index (κ1) is 37.0. The topological polar surface area (TPSA) is 177 Å². The van der Waals surface area contributed by atoms with Crippen molar-refractivity contribution in [3.8, 4) is 5.88 Å². The fourth-order valence-corrected chi connectivity index (χ4v) is 9.49. The van der Waals surface area contributed by atoms with E-state index in [1.54, 1.807) is 24.4 Å². The third-order valence-electron chi connectivity index (χ3n) is 11.4. The van der Waals surface area contributed by atoms with Gasteiger partial charge < -0.3 is 20.3 Å². The molecule has 288 valence electrons. The highest BCUT2D eigenvalue weighted by Gasteiger charge is 2.63. The van der Waals surface area contributed by atoms with Crippen LogP contribution in [-0.2, 0) is 24.4 Å². The van der Waals surface area contributed by atoms with E-state index in [0.29, 0.717) is 48.4 Å². The van der Waals surface area contributed by atoms with Crippen LogP contribution in [-0.4, -0.2) is 81.9 Å². The predicted molar refractivity (Wildman–Crippen MR) is 203 cm³/mol. The number of amides is 4. The van der Waals surface area contributed by atoms with E-state index < -0.39 is 73.9 Å². The SMILES string of the molecule is CC1(S(=O)(=O)NC(=O)[C@@]23C[C@H]2/C=C\CCCCC[C@H](NC(=O)c2cscn2)C(=O)N2C[C@H](Oc4nc5ccccc5c5cc(F)ccc45)C[C@H]2C(=O)N3)CC1. The lowest BCUT2D eigenvalue weighted by Gasteiger charge is -2.30. The molecule has 1 saturated heterocycles. The molecule has 2 aliphatic carbocycles. The Hall–Kier alpha value is -4.96. The Morgan fingerprint density at radius 3 is 2.67 bits per heavy atom. The molecule has 3 N–H and O–H groups in total. The Morgan fingerprint density at radius 1 is 1.07 bits per heavy atom. The van der Waals surface area contributed by atoms with Crippen molar-refractivity contribution in [3.05, 3.63) is 77.0 Å². The molecule has 3 fully saturated rings. The maximum atomic E-state index is 14.6. The largest absolute Gasteiger partial charge is 0.472 e. The summed E-state index contributed by atoms with van der Waals surface area (Å²) >= 11 is 1.25. The average molecular weight is 789 g/mol. The van der Waals surface area contributed by atoms with E-state index in [-0.39, 0.29) is 31.0 Å². The molecule has 13 nitrogen and oxygen atoms in total. The van der Waals surface area contributed by atoms with Crippen molar-refractivity contribution in [1.82, 2.24) is 30.2 Å². The van der Waals surface area contributed by atoms with Crippen LogP contribution in [0.1, 0.15) is 75.2 Å². The highest BCUT2D eigenvalue weighted by Crippen LogP contribution is 2.47. The second-order valence-electron chi connectivity index (χ2n) is 15.2. The van der Waals surface area contributed by atoms with Gasteiger partial charge in [0.2, 0.25) is 27.7 Å². The number of sulfonamides is 1. The maximum absolute atomic E-state index is 14.6. The molecule has 2 saturated carbocycles. The van der Waals surface area contributed by atoms with Crippen LogP contribution >= 0.6 is 11.3 Å². The lowest BCUT2D eigenvalue weighted by atomic mass is 10.0. The van der Waals surface area contributed by atoms with Gasteiger partial charge in [0, 0.05) is 28.5 Å². The molecule has 0 spiro atoms. The summed E-state index contributed by atoms with van der Waals surface area (Å²) in [5, 5.41) is 9.16. The van der Waals surface area contributed by atoms with Crippen LogP contribution in [0.4, 0.5) is 4.39 Å². The van der Waals surface area contributed by atoms with Crippen LogP contribution in [0.5, 0.6) is 5.88 Å². The first-order chi connectivity index (χ1) is 26.4. The highest BCUT2D eigenvalue weighted by molar-refractivity contribution is 7.91. The smallest absolute Gasteiger partial charge is 0.271 e. The molecule has 4 aliphatic rings. The Labute approximate surface area is 321 Å². The summed E-state index contributed by atoms with van der Waals surface area (Å²) in [5.74, 6) is -3.18. The number of carbonyl (C=O) groups is 4. The number of thiazole rings is 1. The Bertz CT molecular complexity index is 2330. The molecule has 0 unspecified atom stereocenters. The molecule has 16 heteroatoms. The number of aromatic nitrogens is 2. The fraction of sp³-hybridized carbons (Fsp3) is 0.436. The molecule has 2 aromatic heterocycles. The second kappa shape index (κ2) is 14.3. The van der Waals surface area contributed by atoms with E-state index in [1.807, 2.05) is 30.4 Å². The van der Waals surface area contributed by atoms with E-state index >= 15 is 0 Å². The molecular weight excluding hydrogens is 748 g/mol.